The molecule has 1 aliphatic rings. The summed E-state index contributed by atoms with van der Waals surface area (Å²) < 4.78 is 10.7. The molecule has 1 saturated heterocycles. The summed E-state index contributed by atoms with van der Waals surface area (Å²) in [6.07, 6.45) is 2.56. The van der Waals surface area contributed by atoms with E-state index in [0.717, 1.165) is 54.7 Å². The van der Waals surface area contributed by atoms with E-state index in [1.54, 1.807) is 14.2 Å². The summed E-state index contributed by atoms with van der Waals surface area (Å²) >= 11 is 6.10. The predicted molar refractivity (Wildman–Crippen MR) is 105 cm³/mol. The number of ether oxygens (including phenoxy) is 2. The zero-order chi connectivity index (χ0) is 18.5. The van der Waals surface area contributed by atoms with Crippen molar-refractivity contribution in [2.45, 2.75) is 6.42 Å². The third-order valence-corrected chi connectivity index (χ3v) is 4.88. The van der Waals surface area contributed by atoms with E-state index in [0.29, 0.717) is 11.1 Å². The molecule has 2 aromatic rings. The quantitative estimate of drug-likeness (QED) is 0.718. The van der Waals surface area contributed by atoms with Gasteiger partial charge >= 0.3 is 0 Å². The Kier molecular flexibility index (Phi) is 5.88. The van der Waals surface area contributed by atoms with Crippen LogP contribution in [0.3, 0.4) is 0 Å². The van der Waals surface area contributed by atoms with Gasteiger partial charge in [0.25, 0.3) is 0 Å². The van der Waals surface area contributed by atoms with E-state index in [1.165, 1.54) is 6.33 Å². The molecule has 0 saturated carbocycles. The molecule has 0 amide bonds. The van der Waals surface area contributed by atoms with E-state index in [4.69, 9.17) is 21.1 Å². The average molecular weight is 378 g/mol. The largest absolute Gasteiger partial charge is 0.497 e. The maximum Gasteiger partial charge on any atom is 0.157 e. The Balaban J connectivity index is 1.64. The number of methoxy groups -OCH3 is 2. The van der Waals surface area contributed by atoms with Crippen molar-refractivity contribution in [1.82, 2.24) is 9.97 Å². The molecule has 140 valence electrons. The van der Waals surface area contributed by atoms with Crippen LogP contribution in [0.2, 0.25) is 5.15 Å². The van der Waals surface area contributed by atoms with Gasteiger partial charge in [0.1, 0.15) is 23.5 Å². The van der Waals surface area contributed by atoms with E-state index < -0.39 is 0 Å². The highest BCUT2D eigenvalue weighted by atomic mass is 35.5. The van der Waals surface area contributed by atoms with Gasteiger partial charge in [-0.3, -0.25) is 0 Å². The maximum atomic E-state index is 6.10. The number of nitrogens with one attached hydrogen (secondary N) is 2. The first kappa shape index (κ1) is 18.4. The number of halogens is 1. The van der Waals surface area contributed by atoms with Crippen LogP contribution in [0.1, 0.15) is 6.42 Å². The van der Waals surface area contributed by atoms with E-state index in [9.17, 15) is 0 Å². The lowest BCUT2D eigenvalue weighted by Gasteiger charge is -2.21. The van der Waals surface area contributed by atoms with Crippen molar-refractivity contribution in [3.05, 3.63) is 29.7 Å². The Labute approximate surface area is 158 Å². The van der Waals surface area contributed by atoms with Crippen LogP contribution in [0.25, 0.3) is 0 Å². The number of hydrogen-bond donors (Lipinski definition) is 2. The molecule has 0 spiro atoms. The molecule has 1 fully saturated rings. The van der Waals surface area contributed by atoms with Gasteiger partial charge in [0.2, 0.25) is 0 Å². The molecule has 1 unspecified atom stereocenters. The third-order valence-electron chi connectivity index (χ3n) is 4.60. The normalized spacial score (nSPS) is 16.5. The van der Waals surface area contributed by atoms with E-state index in [2.05, 4.69) is 25.5 Å². The SMILES string of the molecule is CNc1c(Cl)ncnc1NCC1CCN(c2cc(OC)cc(OC)c2)C1. The number of anilines is 3. The molecule has 1 atom stereocenters. The van der Waals surface area contributed by atoms with Crippen molar-refractivity contribution in [1.29, 1.82) is 0 Å². The fraction of sp³-hybridized carbons (Fsp3) is 0.444. The minimum atomic E-state index is 0.418. The van der Waals surface area contributed by atoms with Gasteiger partial charge in [-0.25, -0.2) is 9.97 Å². The third kappa shape index (κ3) is 4.04. The van der Waals surface area contributed by atoms with Crippen molar-refractivity contribution >= 4 is 28.8 Å². The zero-order valence-electron chi connectivity index (χ0n) is 15.3. The van der Waals surface area contributed by atoms with Gasteiger partial charge in [0, 0.05) is 50.6 Å². The summed E-state index contributed by atoms with van der Waals surface area (Å²) in [6, 6.07) is 5.97. The summed E-state index contributed by atoms with van der Waals surface area (Å²) in [7, 11) is 5.14. The summed E-state index contributed by atoms with van der Waals surface area (Å²) in [5.74, 6) is 2.84. The first-order chi connectivity index (χ1) is 12.6. The van der Waals surface area contributed by atoms with Crippen molar-refractivity contribution < 1.29 is 9.47 Å². The highest BCUT2D eigenvalue weighted by Crippen LogP contribution is 2.32. The molecule has 7 nitrogen and oxygen atoms in total. The van der Waals surface area contributed by atoms with Gasteiger partial charge < -0.3 is 25.0 Å². The number of nitrogens with zero attached hydrogens (tertiary/aromatic N) is 3. The molecule has 3 rings (SSSR count). The molecule has 0 aliphatic carbocycles. The van der Waals surface area contributed by atoms with Crippen LogP contribution in [-0.2, 0) is 0 Å². The van der Waals surface area contributed by atoms with Crippen molar-refractivity contribution in [3.8, 4) is 11.5 Å². The first-order valence-electron chi connectivity index (χ1n) is 8.54. The molecule has 2 N–H and O–H groups in total. The van der Waals surface area contributed by atoms with Crippen LogP contribution in [0.5, 0.6) is 11.5 Å². The Morgan fingerprint density at radius 2 is 1.92 bits per heavy atom. The zero-order valence-corrected chi connectivity index (χ0v) is 16.0. The van der Waals surface area contributed by atoms with Crippen LogP contribution in [0.15, 0.2) is 24.5 Å². The molecule has 26 heavy (non-hydrogen) atoms. The monoisotopic (exact) mass is 377 g/mol. The molecular weight excluding hydrogens is 354 g/mol. The van der Waals surface area contributed by atoms with Crippen molar-refractivity contribution in [2.24, 2.45) is 5.92 Å². The minimum Gasteiger partial charge on any atom is -0.497 e. The second kappa shape index (κ2) is 8.31. The van der Waals surface area contributed by atoms with E-state index in [-0.39, 0.29) is 0 Å². The van der Waals surface area contributed by atoms with Crippen molar-refractivity contribution in [3.63, 3.8) is 0 Å². The number of benzene rings is 1. The lowest BCUT2D eigenvalue weighted by molar-refractivity contribution is 0.394. The van der Waals surface area contributed by atoms with Gasteiger partial charge in [0.05, 0.1) is 14.2 Å². The smallest absolute Gasteiger partial charge is 0.157 e. The van der Waals surface area contributed by atoms with Crippen LogP contribution in [0.4, 0.5) is 17.2 Å². The second-order valence-corrected chi connectivity index (χ2v) is 6.55. The molecule has 1 aromatic heterocycles. The standard InChI is InChI=1S/C18H24ClN5O2/c1-20-16-17(19)22-11-23-18(16)21-9-12-4-5-24(10-12)13-6-14(25-2)8-15(7-13)26-3/h6-8,11-12,20H,4-5,9-10H2,1-3H3,(H,21,22,23). The topological polar surface area (TPSA) is 71.5 Å². The summed E-state index contributed by atoms with van der Waals surface area (Å²) in [5.41, 5.74) is 1.84. The van der Waals surface area contributed by atoms with Crippen LogP contribution in [-0.4, -0.2) is 50.9 Å². The van der Waals surface area contributed by atoms with Crippen LogP contribution in [0, 0.1) is 5.92 Å². The van der Waals surface area contributed by atoms with E-state index in [1.807, 2.05) is 25.2 Å². The summed E-state index contributed by atoms with van der Waals surface area (Å²) in [5, 5.41) is 6.85. The van der Waals surface area contributed by atoms with Crippen LogP contribution < -0.4 is 25.0 Å². The summed E-state index contributed by atoms with van der Waals surface area (Å²) in [4.78, 5) is 10.6. The Bertz CT molecular complexity index is 736. The summed E-state index contributed by atoms with van der Waals surface area (Å²) in [6.45, 7) is 2.77. The fourth-order valence-electron chi connectivity index (χ4n) is 3.17. The number of rotatable bonds is 7. The van der Waals surface area contributed by atoms with Crippen LogP contribution >= 0.6 is 11.6 Å². The molecule has 2 heterocycles. The minimum absolute atomic E-state index is 0.418. The predicted octanol–water partition coefficient (Wildman–Crippen LogP) is 3.13. The molecule has 0 bridgehead atoms. The second-order valence-electron chi connectivity index (χ2n) is 6.19. The molecule has 1 aliphatic heterocycles. The van der Waals surface area contributed by atoms with Gasteiger partial charge in [-0.2, -0.15) is 0 Å². The van der Waals surface area contributed by atoms with Gasteiger partial charge in [-0.05, 0) is 12.3 Å². The highest BCUT2D eigenvalue weighted by molar-refractivity contribution is 6.32. The highest BCUT2D eigenvalue weighted by Gasteiger charge is 2.24. The van der Waals surface area contributed by atoms with Gasteiger partial charge in [-0.15, -0.1) is 0 Å². The fourth-order valence-corrected chi connectivity index (χ4v) is 3.40. The van der Waals surface area contributed by atoms with E-state index >= 15 is 0 Å². The van der Waals surface area contributed by atoms with Crippen molar-refractivity contribution in [2.75, 3.05) is 56.4 Å². The number of hydrogen-bond acceptors (Lipinski definition) is 7. The lowest BCUT2D eigenvalue weighted by atomic mass is 10.1. The first-order valence-corrected chi connectivity index (χ1v) is 8.92. The Morgan fingerprint density at radius 3 is 2.58 bits per heavy atom. The molecule has 1 aromatic carbocycles. The lowest BCUT2D eigenvalue weighted by Crippen LogP contribution is -2.23. The number of aromatic nitrogens is 2. The maximum absolute atomic E-state index is 6.10. The molecule has 0 radical (unpaired) electrons. The molecule has 8 heteroatoms. The molecular formula is C18H24ClN5O2. The van der Waals surface area contributed by atoms with Gasteiger partial charge in [-0.1, -0.05) is 11.6 Å². The average Bonchev–Trinajstić information content (AvgIpc) is 3.15. The Hall–Kier alpha value is -2.41. The van der Waals surface area contributed by atoms with Gasteiger partial charge in [0.15, 0.2) is 11.0 Å². The Morgan fingerprint density at radius 1 is 1.19 bits per heavy atom.